The lowest BCUT2D eigenvalue weighted by molar-refractivity contribution is -0.133. The van der Waals surface area contributed by atoms with Gasteiger partial charge in [0, 0.05) is 12.3 Å². The topological polar surface area (TPSA) is 29.5 Å². The van der Waals surface area contributed by atoms with Crippen molar-refractivity contribution >= 4 is 17.7 Å². The van der Waals surface area contributed by atoms with E-state index in [2.05, 4.69) is 0 Å². The number of amides is 1. The molecule has 1 saturated heterocycles. The lowest BCUT2D eigenvalue weighted by Gasteiger charge is -2.24. The first kappa shape index (κ1) is 14.9. The van der Waals surface area contributed by atoms with Crippen LogP contribution < -0.4 is 4.74 Å². The maximum atomic E-state index is 13.0. The molecule has 0 N–H and O–H groups in total. The Bertz CT molecular complexity index is 633. The number of carbonyl (C=O) groups is 1. The molecule has 0 spiro atoms. The standard InChI is InChI=1S/C17H16FNO2S/c18-14-8-6-13(7-9-14)17-19(10-11-22-17)16(20)12-21-15-4-2-1-3-5-15/h1-9,17H,10-12H2/t17-/m0/s1. The third-order valence-corrected chi connectivity index (χ3v) is 4.73. The van der Waals surface area contributed by atoms with Crippen molar-refractivity contribution in [3.63, 3.8) is 0 Å². The van der Waals surface area contributed by atoms with E-state index in [0.717, 1.165) is 11.3 Å². The summed E-state index contributed by atoms with van der Waals surface area (Å²) in [6.07, 6.45) is 0. The molecule has 1 aliphatic rings. The first-order valence-corrected chi connectivity index (χ1v) is 8.13. The summed E-state index contributed by atoms with van der Waals surface area (Å²) in [5.41, 5.74) is 0.942. The van der Waals surface area contributed by atoms with Crippen LogP contribution in [-0.4, -0.2) is 29.7 Å². The molecule has 114 valence electrons. The van der Waals surface area contributed by atoms with Gasteiger partial charge in [0.2, 0.25) is 0 Å². The lowest BCUT2D eigenvalue weighted by atomic mass is 10.2. The van der Waals surface area contributed by atoms with E-state index in [9.17, 15) is 9.18 Å². The summed E-state index contributed by atoms with van der Waals surface area (Å²) in [6, 6.07) is 15.6. The molecule has 1 heterocycles. The number of halogens is 1. The second kappa shape index (κ2) is 6.83. The summed E-state index contributed by atoms with van der Waals surface area (Å²) in [7, 11) is 0. The first-order chi connectivity index (χ1) is 10.7. The molecule has 1 aliphatic heterocycles. The van der Waals surface area contributed by atoms with Crippen LogP contribution >= 0.6 is 11.8 Å². The fraction of sp³-hybridized carbons (Fsp3) is 0.235. The van der Waals surface area contributed by atoms with Crippen molar-refractivity contribution in [3.05, 3.63) is 66.0 Å². The minimum absolute atomic E-state index is 0.0161. The Morgan fingerprint density at radius 3 is 2.64 bits per heavy atom. The number of hydrogen-bond donors (Lipinski definition) is 0. The van der Waals surface area contributed by atoms with Crippen LogP contribution in [0.5, 0.6) is 5.75 Å². The highest BCUT2D eigenvalue weighted by Gasteiger charge is 2.30. The van der Waals surface area contributed by atoms with Crippen molar-refractivity contribution in [2.45, 2.75) is 5.37 Å². The van der Waals surface area contributed by atoms with Crippen LogP contribution in [0.3, 0.4) is 0 Å². The second-order valence-corrected chi connectivity index (χ2v) is 6.15. The number of nitrogens with zero attached hydrogens (tertiary/aromatic N) is 1. The zero-order chi connectivity index (χ0) is 15.4. The van der Waals surface area contributed by atoms with Gasteiger partial charge in [-0.2, -0.15) is 0 Å². The van der Waals surface area contributed by atoms with Gasteiger partial charge in [0.1, 0.15) is 16.9 Å². The molecule has 22 heavy (non-hydrogen) atoms. The molecule has 0 aliphatic carbocycles. The fourth-order valence-corrected chi connectivity index (χ4v) is 3.65. The molecular formula is C17H16FNO2S. The maximum absolute atomic E-state index is 13.0. The quantitative estimate of drug-likeness (QED) is 0.864. The Kier molecular flexibility index (Phi) is 4.63. The van der Waals surface area contributed by atoms with E-state index in [4.69, 9.17) is 4.74 Å². The third kappa shape index (κ3) is 3.42. The van der Waals surface area contributed by atoms with Crippen molar-refractivity contribution < 1.29 is 13.9 Å². The Labute approximate surface area is 133 Å². The molecule has 1 fully saturated rings. The number of rotatable bonds is 4. The SMILES string of the molecule is O=C(COc1ccccc1)N1CCS[C@H]1c1ccc(F)cc1. The predicted molar refractivity (Wildman–Crippen MR) is 85.2 cm³/mol. The van der Waals surface area contributed by atoms with Gasteiger partial charge < -0.3 is 9.64 Å². The zero-order valence-electron chi connectivity index (χ0n) is 11.9. The second-order valence-electron chi connectivity index (χ2n) is 4.96. The molecule has 5 heteroatoms. The smallest absolute Gasteiger partial charge is 0.261 e. The van der Waals surface area contributed by atoms with Crippen molar-refractivity contribution in [1.82, 2.24) is 4.90 Å². The van der Waals surface area contributed by atoms with E-state index < -0.39 is 0 Å². The molecule has 0 bridgehead atoms. The number of thioether (sulfide) groups is 1. The Morgan fingerprint density at radius 2 is 1.91 bits per heavy atom. The summed E-state index contributed by atoms with van der Waals surface area (Å²) in [4.78, 5) is 14.2. The van der Waals surface area contributed by atoms with Crippen molar-refractivity contribution in [2.75, 3.05) is 18.9 Å². The highest BCUT2D eigenvalue weighted by molar-refractivity contribution is 7.99. The van der Waals surface area contributed by atoms with Gasteiger partial charge in [0.05, 0.1) is 0 Å². The molecule has 0 aromatic heterocycles. The third-order valence-electron chi connectivity index (χ3n) is 3.47. The Hall–Kier alpha value is -2.01. The maximum Gasteiger partial charge on any atom is 0.261 e. The molecule has 3 nitrogen and oxygen atoms in total. The Balaban J connectivity index is 1.65. The van der Waals surface area contributed by atoms with Gasteiger partial charge in [-0.25, -0.2) is 4.39 Å². The molecule has 0 radical (unpaired) electrons. The number of benzene rings is 2. The van der Waals surface area contributed by atoms with Crippen LogP contribution in [0.4, 0.5) is 4.39 Å². The Morgan fingerprint density at radius 1 is 1.18 bits per heavy atom. The number of ether oxygens (including phenoxy) is 1. The van der Waals surface area contributed by atoms with Crippen LogP contribution in [0.2, 0.25) is 0 Å². The van der Waals surface area contributed by atoms with Crippen molar-refractivity contribution in [3.8, 4) is 5.75 Å². The zero-order valence-corrected chi connectivity index (χ0v) is 12.8. The minimum Gasteiger partial charge on any atom is -0.484 e. The average molecular weight is 317 g/mol. The molecule has 1 amide bonds. The minimum atomic E-state index is -0.267. The van der Waals surface area contributed by atoms with Gasteiger partial charge >= 0.3 is 0 Å². The van der Waals surface area contributed by atoms with Gasteiger partial charge in [-0.1, -0.05) is 30.3 Å². The normalized spacial score (nSPS) is 17.5. The van der Waals surface area contributed by atoms with Crippen LogP contribution in [-0.2, 0) is 4.79 Å². The van der Waals surface area contributed by atoms with Gasteiger partial charge in [-0.3, -0.25) is 4.79 Å². The van der Waals surface area contributed by atoms with Gasteiger partial charge in [0.15, 0.2) is 6.61 Å². The van der Waals surface area contributed by atoms with Crippen molar-refractivity contribution in [1.29, 1.82) is 0 Å². The molecule has 0 unspecified atom stereocenters. The van der Waals surface area contributed by atoms with E-state index in [0.29, 0.717) is 12.3 Å². The van der Waals surface area contributed by atoms with E-state index in [1.807, 2.05) is 30.3 Å². The monoisotopic (exact) mass is 317 g/mol. The lowest BCUT2D eigenvalue weighted by Crippen LogP contribution is -2.34. The summed E-state index contributed by atoms with van der Waals surface area (Å²) < 4.78 is 18.6. The van der Waals surface area contributed by atoms with E-state index in [1.165, 1.54) is 12.1 Å². The van der Waals surface area contributed by atoms with Gasteiger partial charge in [-0.15, -0.1) is 11.8 Å². The van der Waals surface area contributed by atoms with E-state index in [-0.39, 0.29) is 23.7 Å². The summed E-state index contributed by atoms with van der Waals surface area (Å²) >= 11 is 1.69. The molecule has 2 aromatic rings. The van der Waals surface area contributed by atoms with Crippen molar-refractivity contribution in [2.24, 2.45) is 0 Å². The number of para-hydroxylation sites is 1. The van der Waals surface area contributed by atoms with E-state index >= 15 is 0 Å². The predicted octanol–water partition coefficient (Wildman–Crippen LogP) is 3.48. The molecular weight excluding hydrogens is 301 g/mol. The van der Waals surface area contributed by atoms with Crippen LogP contribution in [0, 0.1) is 5.82 Å². The fourth-order valence-electron chi connectivity index (χ4n) is 2.37. The largest absolute Gasteiger partial charge is 0.484 e. The molecule has 2 aromatic carbocycles. The van der Waals surface area contributed by atoms with Gasteiger partial charge in [0.25, 0.3) is 5.91 Å². The summed E-state index contributed by atoms with van der Waals surface area (Å²) in [5, 5.41) is -0.0625. The highest BCUT2D eigenvalue weighted by atomic mass is 32.2. The van der Waals surface area contributed by atoms with Crippen LogP contribution in [0.1, 0.15) is 10.9 Å². The molecule has 3 rings (SSSR count). The summed E-state index contributed by atoms with van der Waals surface area (Å²) in [6.45, 7) is 0.700. The highest BCUT2D eigenvalue weighted by Crippen LogP contribution is 2.37. The summed E-state index contributed by atoms with van der Waals surface area (Å²) in [5.74, 6) is 1.24. The van der Waals surface area contributed by atoms with Gasteiger partial charge in [-0.05, 0) is 29.8 Å². The van der Waals surface area contributed by atoms with E-state index in [1.54, 1.807) is 28.8 Å². The molecule has 0 saturated carbocycles. The van der Waals surface area contributed by atoms with Crippen LogP contribution in [0.25, 0.3) is 0 Å². The molecule has 1 atom stereocenters. The first-order valence-electron chi connectivity index (χ1n) is 7.08. The number of carbonyl (C=O) groups excluding carboxylic acids is 1. The van der Waals surface area contributed by atoms with Crippen LogP contribution in [0.15, 0.2) is 54.6 Å². The number of hydrogen-bond acceptors (Lipinski definition) is 3. The average Bonchev–Trinajstić information content (AvgIpc) is 3.04.